The highest BCUT2D eigenvalue weighted by atomic mass is 32.2. The molecule has 0 bridgehead atoms. The zero-order valence-corrected chi connectivity index (χ0v) is 9.55. The Hall–Kier alpha value is -0.130. The number of hydrogen-bond donors (Lipinski definition) is 1. The fraction of sp³-hybridized carbons (Fsp3) is 1.00. The molecule has 0 radical (unpaired) electrons. The van der Waals surface area contributed by atoms with Gasteiger partial charge in [-0.15, -0.1) is 0 Å². The van der Waals surface area contributed by atoms with E-state index in [2.05, 4.69) is 5.32 Å². The molecule has 82 valence electrons. The van der Waals surface area contributed by atoms with Crippen LogP contribution >= 0.6 is 0 Å². The zero-order chi connectivity index (χ0) is 10.3. The van der Waals surface area contributed by atoms with E-state index in [1.54, 1.807) is 18.2 Å². The van der Waals surface area contributed by atoms with Gasteiger partial charge in [-0.25, -0.2) is 12.7 Å². The molecule has 4 nitrogen and oxygen atoms in total. The topological polar surface area (TPSA) is 49.4 Å². The summed E-state index contributed by atoms with van der Waals surface area (Å²) in [5.74, 6) is 1.09. The summed E-state index contributed by atoms with van der Waals surface area (Å²) in [4.78, 5) is 0. The van der Waals surface area contributed by atoms with Crippen LogP contribution in [0.4, 0.5) is 0 Å². The highest BCUT2D eigenvalue weighted by Crippen LogP contribution is 2.29. The van der Waals surface area contributed by atoms with Crippen LogP contribution in [0.25, 0.3) is 0 Å². The molecule has 2 aliphatic rings. The normalized spacial score (nSPS) is 33.9. The number of nitrogens with zero attached hydrogens (tertiary/aromatic N) is 1. The number of sulfonamides is 1. The molecule has 14 heavy (non-hydrogen) atoms. The van der Waals surface area contributed by atoms with Crippen molar-refractivity contribution in [1.29, 1.82) is 0 Å². The molecule has 2 heterocycles. The maximum Gasteiger partial charge on any atom is 0.216 e. The van der Waals surface area contributed by atoms with Crippen molar-refractivity contribution in [3.8, 4) is 0 Å². The molecular weight excluding hydrogens is 200 g/mol. The van der Waals surface area contributed by atoms with Crippen LogP contribution in [-0.4, -0.2) is 44.2 Å². The molecule has 0 aromatic rings. The molecule has 0 amide bonds. The monoisotopic (exact) mass is 218 g/mol. The van der Waals surface area contributed by atoms with E-state index < -0.39 is 10.0 Å². The van der Waals surface area contributed by atoms with Gasteiger partial charge >= 0.3 is 0 Å². The Bertz CT molecular complexity index is 301. The fourth-order valence-corrected chi connectivity index (χ4v) is 3.71. The minimum atomic E-state index is -3.01. The second-order valence-electron chi connectivity index (χ2n) is 4.59. The molecule has 0 saturated carbocycles. The van der Waals surface area contributed by atoms with E-state index in [1.165, 1.54) is 0 Å². The summed E-state index contributed by atoms with van der Waals surface area (Å²) < 4.78 is 25.4. The van der Waals surface area contributed by atoms with Crippen LogP contribution in [0.15, 0.2) is 0 Å². The van der Waals surface area contributed by atoms with Gasteiger partial charge in [-0.05, 0) is 38.8 Å². The first-order valence-corrected chi connectivity index (χ1v) is 6.72. The van der Waals surface area contributed by atoms with Gasteiger partial charge in [-0.1, -0.05) is 0 Å². The van der Waals surface area contributed by atoms with Crippen molar-refractivity contribution in [3.05, 3.63) is 0 Å². The Morgan fingerprint density at radius 2 is 1.71 bits per heavy atom. The van der Waals surface area contributed by atoms with Crippen LogP contribution in [0.1, 0.15) is 13.8 Å². The maximum absolute atomic E-state index is 11.9. The molecule has 2 rings (SSSR count). The second kappa shape index (κ2) is 3.47. The van der Waals surface area contributed by atoms with Crippen molar-refractivity contribution in [2.75, 3.05) is 26.2 Å². The van der Waals surface area contributed by atoms with Crippen LogP contribution < -0.4 is 5.32 Å². The second-order valence-corrected chi connectivity index (χ2v) is 7.08. The van der Waals surface area contributed by atoms with Gasteiger partial charge in [-0.2, -0.15) is 0 Å². The predicted octanol–water partition coefficient (Wildman–Crippen LogP) is -0.124. The molecule has 2 unspecified atom stereocenters. The Morgan fingerprint density at radius 3 is 2.14 bits per heavy atom. The SMILES string of the molecule is CC(C)S(=O)(=O)N1CC2CNCC2C1. The smallest absolute Gasteiger partial charge is 0.216 e. The van der Waals surface area contributed by atoms with Gasteiger partial charge in [0, 0.05) is 13.1 Å². The highest BCUT2D eigenvalue weighted by Gasteiger charge is 2.41. The number of rotatable bonds is 2. The summed E-state index contributed by atoms with van der Waals surface area (Å²) in [6.45, 7) is 6.91. The van der Waals surface area contributed by atoms with Crippen molar-refractivity contribution >= 4 is 10.0 Å². The van der Waals surface area contributed by atoms with Crippen molar-refractivity contribution in [1.82, 2.24) is 9.62 Å². The first kappa shape index (κ1) is 10.4. The third-order valence-corrected chi connectivity index (χ3v) is 5.52. The molecule has 0 aromatic heterocycles. The molecule has 2 saturated heterocycles. The largest absolute Gasteiger partial charge is 0.316 e. The summed E-state index contributed by atoms with van der Waals surface area (Å²) >= 11 is 0. The lowest BCUT2D eigenvalue weighted by Crippen LogP contribution is -2.36. The van der Waals surface area contributed by atoms with Crippen LogP contribution in [-0.2, 0) is 10.0 Å². The predicted molar refractivity (Wildman–Crippen MR) is 55.5 cm³/mol. The third kappa shape index (κ3) is 1.57. The molecule has 2 atom stereocenters. The van der Waals surface area contributed by atoms with E-state index in [0.29, 0.717) is 11.8 Å². The Morgan fingerprint density at radius 1 is 1.21 bits per heavy atom. The van der Waals surface area contributed by atoms with Gasteiger partial charge in [0.15, 0.2) is 0 Å². The van der Waals surface area contributed by atoms with Gasteiger partial charge in [-0.3, -0.25) is 0 Å². The summed E-state index contributed by atoms with van der Waals surface area (Å²) in [5, 5.41) is 3.02. The molecule has 0 aromatic carbocycles. The highest BCUT2D eigenvalue weighted by molar-refractivity contribution is 7.89. The van der Waals surface area contributed by atoms with Gasteiger partial charge in [0.1, 0.15) is 0 Å². The van der Waals surface area contributed by atoms with Crippen molar-refractivity contribution in [3.63, 3.8) is 0 Å². The average Bonchev–Trinajstić information content (AvgIpc) is 2.60. The lowest BCUT2D eigenvalue weighted by atomic mass is 10.0. The van der Waals surface area contributed by atoms with Crippen LogP contribution in [0.2, 0.25) is 0 Å². The number of hydrogen-bond acceptors (Lipinski definition) is 3. The zero-order valence-electron chi connectivity index (χ0n) is 8.73. The van der Waals surface area contributed by atoms with E-state index in [-0.39, 0.29) is 5.25 Å². The van der Waals surface area contributed by atoms with Gasteiger partial charge in [0.05, 0.1) is 5.25 Å². The van der Waals surface area contributed by atoms with E-state index in [4.69, 9.17) is 0 Å². The summed E-state index contributed by atoms with van der Waals surface area (Å²) in [6, 6.07) is 0. The van der Waals surface area contributed by atoms with Gasteiger partial charge in [0.2, 0.25) is 10.0 Å². The minimum absolute atomic E-state index is 0.283. The number of nitrogens with one attached hydrogen (secondary N) is 1. The van der Waals surface area contributed by atoms with E-state index >= 15 is 0 Å². The minimum Gasteiger partial charge on any atom is -0.316 e. The molecule has 0 spiro atoms. The maximum atomic E-state index is 11.9. The van der Waals surface area contributed by atoms with Crippen molar-refractivity contribution in [2.24, 2.45) is 11.8 Å². The quantitative estimate of drug-likeness (QED) is 0.703. The molecule has 1 N–H and O–H groups in total. The molecule has 2 aliphatic heterocycles. The van der Waals surface area contributed by atoms with Gasteiger partial charge < -0.3 is 5.32 Å². The summed E-state index contributed by atoms with van der Waals surface area (Å²) in [6.07, 6.45) is 0. The Labute approximate surface area is 85.7 Å². The number of fused-ring (bicyclic) bond motifs is 1. The summed E-state index contributed by atoms with van der Waals surface area (Å²) in [5.41, 5.74) is 0. The van der Waals surface area contributed by atoms with E-state index in [9.17, 15) is 8.42 Å². The average molecular weight is 218 g/mol. The standard InChI is InChI=1S/C9H18N2O2S/c1-7(2)14(12,13)11-5-8-3-10-4-9(8)6-11/h7-10H,3-6H2,1-2H3. The first-order valence-electron chi connectivity index (χ1n) is 5.21. The van der Waals surface area contributed by atoms with Crippen molar-refractivity contribution < 1.29 is 8.42 Å². The lowest BCUT2D eigenvalue weighted by molar-refractivity contribution is 0.442. The molecule has 5 heteroatoms. The molecule has 2 fully saturated rings. The van der Waals surface area contributed by atoms with Crippen LogP contribution in [0.3, 0.4) is 0 Å². The third-order valence-electron chi connectivity index (χ3n) is 3.31. The molecule has 0 aliphatic carbocycles. The van der Waals surface area contributed by atoms with Crippen LogP contribution in [0.5, 0.6) is 0 Å². The molecular formula is C9H18N2O2S. The first-order chi connectivity index (χ1) is 6.51. The van der Waals surface area contributed by atoms with Crippen LogP contribution in [0, 0.1) is 11.8 Å². The Kier molecular flexibility index (Phi) is 2.57. The Balaban J connectivity index is 2.09. The van der Waals surface area contributed by atoms with E-state index in [0.717, 1.165) is 26.2 Å². The van der Waals surface area contributed by atoms with Crippen molar-refractivity contribution in [2.45, 2.75) is 19.1 Å². The lowest BCUT2D eigenvalue weighted by Gasteiger charge is -2.19. The summed E-state index contributed by atoms with van der Waals surface area (Å²) in [7, 11) is -3.01. The van der Waals surface area contributed by atoms with Gasteiger partial charge in [0.25, 0.3) is 0 Å². The van der Waals surface area contributed by atoms with E-state index in [1.807, 2.05) is 0 Å². The fourth-order valence-electron chi connectivity index (χ4n) is 2.32.